The van der Waals surface area contributed by atoms with E-state index >= 15 is 0 Å². The molecule has 1 saturated heterocycles. The lowest BCUT2D eigenvalue weighted by Gasteiger charge is -2.32. The monoisotopic (exact) mass is 497 g/mol. The molecule has 5 nitrogen and oxygen atoms in total. The number of amides is 1. The highest BCUT2D eigenvalue weighted by molar-refractivity contribution is 7.99. The van der Waals surface area contributed by atoms with E-state index < -0.39 is 0 Å². The van der Waals surface area contributed by atoms with Crippen molar-refractivity contribution >= 4 is 28.6 Å². The third-order valence-corrected chi connectivity index (χ3v) is 7.79. The smallest absolute Gasteiger partial charge is 0.266 e. The number of benzene rings is 3. The van der Waals surface area contributed by atoms with Crippen molar-refractivity contribution in [2.24, 2.45) is 5.92 Å². The largest absolute Gasteiger partial charge is 0.342 e. The Bertz CT molecular complexity index is 1420. The summed E-state index contributed by atoms with van der Waals surface area (Å²) in [7, 11) is 0. The van der Waals surface area contributed by atoms with Gasteiger partial charge in [0, 0.05) is 13.1 Å². The highest BCUT2D eigenvalue weighted by Gasteiger charge is 2.24. The molecule has 0 spiro atoms. The van der Waals surface area contributed by atoms with Crippen molar-refractivity contribution in [3.05, 3.63) is 99.8 Å². The Kier molecular flexibility index (Phi) is 7.23. The van der Waals surface area contributed by atoms with Gasteiger partial charge in [-0.1, -0.05) is 60.3 Å². The summed E-state index contributed by atoms with van der Waals surface area (Å²) >= 11 is 1.35. The Hall–Kier alpha value is -3.38. The van der Waals surface area contributed by atoms with Gasteiger partial charge in [-0.2, -0.15) is 0 Å². The molecule has 0 N–H and O–H groups in total. The number of rotatable bonds is 6. The second-order valence-electron chi connectivity index (χ2n) is 9.70. The maximum atomic E-state index is 13.5. The summed E-state index contributed by atoms with van der Waals surface area (Å²) in [6.45, 7) is 5.61. The van der Waals surface area contributed by atoms with E-state index in [0.29, 0.717) is 22.0 Å². The highest BCUT2D eigenvalue weighted by atomic mass is 32.2. The van der Waals surface area contributed by atoms with Crippen molar-refractivity contribution < 1.29 is 4.79 Å². The molecule has 3 aromatic carbocycles. The van der Waals surface area contributed by atoms with Gasteiger partial charge in [0.15, 0.2) is 5.16 Å². The van der Waals surface area contributed by atoms with Crippen LogP contribution in [0.5, 0.6) is 0 Å². The summed E-state index contributed by atoms with van der Waals surface area (Å²) < 4.78 is 1.66. The van der Waals surface area contributed by atoms with Crippen LogP contribution in [0.1, 0.15) is 29.5 Å². The summed E-state index contributed by atoms with van der Waals surface area (Å²) in [5.41, 5.74) is 4.85. The highest BCUT2D eigenvalue weighted by Crippen LogP contribution is 2.25. The molecule has 0 saturated carbocycles. The second kappa shape index (κ2) is 10.7. The molecule has 0 radical (unpaired) electrons. The minimum atomic E-state index is -0.109. The summed E-state index contributed by atoms with van der Waals surface area (Å²) in [4.78, 5) is 33.4. The van der Waals surface area contributed by atoms with E-state index in [-0.39, 0.29) is 17.2 Å². The normalized spacial score (nSPS) is 14.3. The number of para-hydroxylation sites is 1. The molecule has 0 unspecified atom stereocenters. The van der Waals surface area contributed by atoms with Gasteiger partial charge in [-0.25, -0.2) is 4.98 Å². The summed E-state index contributed by atoms with van der Waals surface area (Å²) in [5, 5.41) is 1.13. The quantitative estimate of drug-likeness (QED) is 0.258. The predicted molar refractivity (Wildman–Crippen MR) is 147 cm³/mol. The first-order valence-electron chi connectivity index (χ1n) is 12.5. The number of aryl methyl sites for hydroxylation is 2. The number of hydrogen-bond donors (Lipinski definition) is 0. The van der Waals surface area contributed by atoms with E-state index in [2.05, 4.69) is 30.3 Å². The van der Waals surface area contributed by atoms with Gasteiger partial charge in [-0.15, -0.1) is 0 Å². The number of carbonyl (C=O) groups excluding carboxylic acids is 1. The Morgan fingerprint density at radius 3 is 2.33 bits per heavy atom. The molecule has 1 amide bonds. The van der Waals surface area contributed by atoms with E-state index in [0.717, 1.165) is 49.2 Å². The molecule has 1 aliphatic rings. The average molecular weight is 498 g/mol. The van der Waals surface area contributed by atoms with Gasteiger partial charge in [-0.05, 0) is 80.0 Å². The topological polar surface area (TPSA) is 55.2 Å². The first-order chi connectivity index (χ1) is 17.5. The number of aromatic nitrogens is 2. The van der Waals surface area contributed by atoms with Gasteiger partial charge in [0.1, 0.15) is 0 Å². The standard InChI is InChI=1S/C30H31N3O2S/c1-21-16-22(2)18-25(17-21)33-29(35)26-10-6-7-11-27(26)31-30(33)36-20-28(34)32-14-12-24(13-15-32)19-23-8-4-3-5-9-23/h3-11,16-18,24H,12-15,19-20H2,1-2H3. The second-order valence-corrected chi connectivity index (χ2v) is 10.6. The van der Waals surface area contributed by atoms with Crippen LogP contribution < -0.4 is 5.56 Å². The number of piperidine rings is 1. The first kappa shape index (κ1) is 24.3. The van der Waals surface area contributed by atoms with Crippen molar-refractivity contribution in [3.63, 3.8) is 0 Å². The number of fused-ring (bicyclic) bond motifs is 1. The van der Waals surface area contributed by atoms with E-state index in [4.69, 9.17) is 4.98 Å². The fraction of sp³-hybridized carbons (Fsp3) is 0.300. The van der Waals surface area contributed by atoms with Crippen molar-refractivity contribution in [3.8, 4) is 5.69 Å². The summed E-state index contributed by atoms with van der Waals surface area (Å²) in [6, 6.07) is 24.1. The van der Waals surface area contributed by atoms with Crippen molar-refractivity contribution in [2.45, 2.75) is 38.3 Å². The maximum Gasteiger partial charge on any atom is 0.266 e. The summed E-state index contributed by atoms with van der Waals surface area (Å²) in [6.07, 6.45) is 3.11. The molecule has 6 heteroatoms. The minimum Gasteiger partial charge on any atom is -0.342 e. The Morgan fingerprint density at radius 2 is 1.61 bits per heavy atom. The Balaban J connectivity index is 1.32. The van der Waals surface area contributed by atoms with Gasteiger partial charge in [0.05, 0.1) is 22.3 Å². The minimum absolute atomic E-state index is 0.104. The number of nitrogens with zero attached hydrogens (tertiary/aromatic N) is 3. The van der Waals surface area contributed by atoms with E-state index in [1.807, 2.05) is 61.2 Å². The van der Waals surface area contributed by atoms with Gasteiger partial charge in [-0.3, -0.25) is 14.2 Å². The molecule has 36 heavy (non-hydrogen) atoms. The number of hydrogen-bond acceptors (Lipinski definition) is 4. The molecule has 5 rings (SSSR count). The van der Waals surface area contributed by atoms with Crippen LogP contribution in [-0.2, 0) is 11.2 Å². The lowest BCUT2D eigenvalue weighted by atomic mass is 9.90. The molecule has 0 bridgehead atoms. The number of likely N-dealkylation sites (tertiary alicyclic amines) is 1. The van der Waals surface area contributed by atoms with Crippen molar-refractivity contribution in [2.75, 3.05) is 18.8 Å². The van der Waals surface area contributed by atoms with E-state index in [9.17, 15) is 9.59 Å². The first-order valence-corrected chi connectivity index (χ1v) is 13.5. The van der Waals surface area contributed by atoms with E-state index in [1.54, 1.807) is 4.57 Å². The lowest BCUT2D eigenvalue weighted by molar-refractivity contribution is -0.129. The van der Waals surface area contributed by atoms with Gasteiger partial charge in [0.2, 0.25) is 5.91 Å². The molecule has 2 heterocycles. The third kappa shape index (κ3) is 5.39. The molecular weight excluding hydrogens is 466 g/mol. The Labute approximate surface area is 216 Å². The Morgan fingerprint density at radius 1 is 0.944 bits per heavy atom. The van der Waals surface area contributed by atoms with Crippen LogP contribution in [0.2, 0.25) is 0 Å². The molecule has 0 aliphatic carbocycles. The van der Waals surface area contributed by atoms with Crippen LogP contribution >= 0.6 is 11.8 Å². The fourth-order valence-electron chi connectivity index (χ4n) is 5.07. The van der Waals surface area contributed by atoms with Crippen molar-refractivity contribution in [1.82, 2.24) is 14.5 Å². The van der Waals surface area contributed by atoms with Crippen LogP contribution in [0.15, 0.2) is 82.7 Å². The van der Waals surface area contributed by atoms with Crippen LogP contribution in [0.25, 0.3) is 16.6 Å². The third-order valence-electron chi connectivity index (χ3n) is 6.87. The molecule has 1 fully saturated rings. The van der Waals surface area contributed by atoms with Crippen LogP contribution in [0.4, 0.5) is 0 Å². The summed E-state index contributed by atoms with van der Waals surface area (Å²) in [5.74, 6) is 0.979. The molecule has 4 aromatic rings. The maximum absolute atomic E-state index is 13.5. The number of thioether (sulfide) groups is 1. The molecular formula is C30H31N3O2S. The zero-order valence-electron chi connectivity index (χ0n) is 20.8. The van der Waals surface area contributed by atoms with Gasteiger partial charge in [0.25, 0.3) is 5.56 Å². The molecule has 184 valence electrons. The molecule has 0 atom stereocenters. The average Bonchev–Trinajstić information content (AvgIpc) is 2.88. The lowest BCUT2D eigenvalue weighted by Crippen LogP contribution is -2.40. The SMILES string of the molecule is Cc1cc(C)cc(-n2c(SCC(=O)N3CCC(Cc4ccccc4)CC3)nc3ccccc3c2=O)c1. The van der Waals surface area contributed by atoms with E-state index in [1.165, 1.54) is 17.3 Å². The zero-order valence-corrected chi connectivity index (χ0v) is 21.6. The van der Waals surface area contributed by atoms with Crippen molar-refractivity contribution in [1.29, 1.82) is 0 Å². The van der Waals surface area contributed by atoms with Crippen LogP contribution in [-0.4, -0.2) is 39.2 Å². The predicted octanol–water partition coefficient (Wildman–Crippen LogP) is 5.58. The zero-order chi connectivity index (χ0) is 25.1. The van der Waals surface area contributed by atoms with Crippen LogP contribution in [0, 0.1) is 19.8 Å². The molecule has 1 aliphatic heterocycles. The van der Waals surface area contributed by atoms with Crippen LogP contribution in [0.3, 0.4) is 0 Å². The van der Waals surface area contributed by atoms with Gasteiger partial charge >= 0.3 is 0 Å². The number of carbonyl (C=O) groups is 1. The molecule has 1 aromatic heterocycles. The van der Waals surface area contributed by atoms with Gasteiger partial charge < -0.3 is 4.90 Å². The fourth-order valence-corrected chi connectivity index (χ4v) is 5.98.